The van der Waals surface area contributed by atoms with Crippen molar-refractivity contribution in [2.45, 2.75) is 45.1 Å². The summed E-state index contributed by atoms with van der Waals surface area (Å²) in [6.45, 7) is 4.86. The van der Waals surface area contributed by atoms with Crippen molar-refractivity contribution in [1.82, 2.24) is 15.2 Å². The first-order valence-corrected chi connectivity index (χ1v) is 9.75. The van der Waals surface area contributed by atoms with E-state index in [1.54, 1.807) is 0 Å². The maximum atomic E-state index is 12.2. The van der Waals surface area contributed by atoms with Gasteiger partial charge in [0.2, 0.25) is 5.91 Å². The minimum absolute atomic E-state index is 0.165. The highest BCUT2D eigenvalue weighted by Gasteiger charge is 2.37. The summed E-state index contributed by atoms with van der Waals surface area (Å²) in [5.74, 6) is 1.06. The molecular formula is C20H26ClN3O. The Morgan fingerprint density at radius 3 is 3.04 bits per heavy atom. The van der Waals surface area contributed by atoms with E-state index < -0.39 is 0 Å². The zero-order valence-electron chi connectivity index (χ0n) is 14.8. The van der Waals surface area contributed by atoms with Crippen LogP contribution in [0.4, 0.5) is 0 Å². The second-order valence-electron chi connectivity index (χ2n) is 7.60. The molecule has 2 fully saturated rings. The van der Waals surface area contributed by atoms with Gasteiger partial charge in [0.1, 0.15) is 0 Å². The smallest absolute Gasteiger partial charge is 0.221 e. The summed E-state index contributed by atoms with van der Waals surface area (Å²) in [5.41, 5.74) is 3.50. The summed E-state index contributed by atoms with van der Waals surface area (Å²) in [6, 6.07) is 6.66. The first-order chi connectivity index (χ1) is 12.1. The number of amides is 1. The van der Waals surface area contributed by atoms with Crippen LogP contribution in [0.1, 0.15) is 36.9 Å². The third-order valence-corrected chi connectivity index (χ3v) is 6.16. The van der Waals surface area contributed by atoms with Gasteiger partial charge in [0.25, 0.3) is 0 Å². The quantitative estimate of drug-likeness (QED) is 0.826. The van der Waals surface area contributed by atoms with Crippen LogP contribution in [-0.2, 0) is 11.2 Å². The monoisotopic (exact) mass is 359 g/mol. The highest BCUT2D eigenvalue weighted by molar-refractivity contribution is 6.31. The number of H-pyrrole nitrogens is 1. The number of rotatable bonds is 6. The van der Waals surface area contributed by atoms with E-state index >= 15 is 0 Å². The summed E-state index contributed by atoms with van der Waals surface area (Å²) in [4.78, 5) is 18.1. The van der Waals surface area contributed by atoms with E-state index in [9.17, 15) is 4.79 Å². The number of aryl methyl sites for hydroxylation is 1. The number of nitrogens with one attached hydrogen (secondary N) is 2. The Kier molecular flexibility index (Phi) is 4.74. The number of aromatic amines is 1. The average molecular weight is 360 g/mol. The molecule has 25 heavy (non-hydrogen) atoms. The van der Waals surface area contributed by atoms with Crippen molar-refractivity contribution in [2.24, 2.45) is 5.92 Å². The average Bonchev–Trinajstić information content (AvgIpc) is 3.28. The highest BCUT2D eigenvalue weighted by atomic mass is 35.5. The van der Waals surface area contributed by atoms with Crippen LogP contribution in [0.3, 0.4) is 0 Å². The molecule has 1 saturated carbocycles. The van der Waals surface area contributed by atoms with Gasteiger partial charge in [-0.2, -0.15) is 0 Å². The third kappa shape index (κ3) is 3.56. The van der Waals surface area contributed by atoms with Gasteiger partial charge in [0.15, 0.2) is 0 Å². The largest absolute Gasteiger partial charge is 0.358 e. The molecule has 2 bridgehead atoms. The van der Waals surface area contributed by atoms with Crippen molar-refractivity contribution >= 4 is 28.4 Å². The summed E-state index contributed by atoms with van der Waals surface area (Å²) in [7, 11) is 0. The Morgan fingerprint density at radius 2 is 2.28 bits per heavy atom. The van der Waals surface area contributed by atoms with E-state index in [4.69, 9.17) is 11.6 Å². The Bertz CT molecular complexity index is 785. The molecule has 1 aromatic carbocycles. The van der Waals surface area contributed by atoms with Crippen LogP contribution < -0.4 is 5.32 Å². The van der Waals surface area contributed by atoms with Gasteiger partial charge in [-0.3, -0.25) is 9.69 Å². The minimum atomic E-state index is 0.165. The normalized spacial score (nSPS) is 22.8. The van der Waals surface area contributed by atoms with Crippen molar-refractivity contribution in [1.29, 1.82) is 0 Å². The highest BCUT2D eigenvalue weighted by Crippen LogP contribution is 2.37. The lowest BCUT2D eigenvalue weighted by atomic mass is 10.1. The maximum absolute atomic E-state index is 12.2. The fourth-order valence-electron chi connectivity index (χ4n) is 4.64. The number of benzene rings is 1. The molecule has 1 aliphatic carbocycles. The number of piperidine rings is 1. The molecule has 2 heterocycles. The van der Waals surface area contributed by atoms with Crippen LogP contribution in [0.2, 0.25) is 5.02 Å². The molecular weight excluding hydrogens is 334 g/mol. The molecule has 1 aromatic heterocycles. The molecule has 0 spiro atoms. The number of halogens is 1. The van der Waals surface area contributed by atoms with Gasteiger partial charge in [-0.15, -0.1) is 0 Å². The standard InChI is InChI=1S/C20H26ClN3O/c1-13-17(18-11-15(21)3-5-19(18)23-13)6-8-22-20(25)7-9-24-12-14-2-4-16(24)10-14/h3,5,11,14,16,23H,2,4,6-10,12H2,1H3,(H,22,25)/t14-,16+/m0/s1. The lowest BCUT2D eigenvalue weighted by Crippen LogP contribution is -2.36. The molecule has 1 aliphatic heterocycles. The van der Waals surface area contributed by atoms with Gasteiger partial charge >= 0.3 is 0 Å². The first-order valence-electron chi connectivity index (χ1n) is 9.37. The first kappa shape index (κ1) is 16.9. The topological polar surface area (TPSA) is 48.1 Å². The van der Waals surface area contributed by atoms with Crippen molar-refractivity contribution in [3.8, 4) is 0 Å². The van der Waals surface area contributed by atoms with Gasteiger partial charge in [-0.25, -0.2) is 0 Å². The number of hydrogen-bond donors (Lipinski definition) is 2. The van der Waals surface area contributed by atoms with Crippen LogP contribution in [0.25, 0.3) is 10.9 Å². The van der Waals surface area contributed by atoms with Crippen LogP contribution in [-0.4, -0.2) is 41.5 Å². The van der Waals surface area contributed by atoms with Crippen molar-refractivity contribution in [3.63, 3.8) is 0 Å². The zero-order chi connectivity index (χ0) is 17.4. The SMILES string of the molecule is Cc1[nH]c2ccc(Cl)cc2c1CCNC(=O)CCN1C[C@H]2CC[C@@H]1C2. The molecule has 2 atom stereocenters. The van der Waals surface area contributed by atoms with E-state index in [0.29, 0.717) is 13.0 Å². The molecule has 1 saturated heterocycles. The summed E-state index contributed by atoms with van der Waals surface area (Å²) < 4.78 is 0. The molecule has 0 unspecified atom stereocenters. The number of aromatic nitrogens is 1. The maximum Gasteiger partial charge on any atom is 0.221 e. The number of fused-ring (bicyclic) bond motifs is 3. The van der Waals surface area contributed by atoms with Gasteiger partial charge in [0.05, 0.1) is 0 Å². The molecule has 0 radical (unpaired) electrons. The second kappa shape index (κ2) is 7.00. The molecule has 5 heteroatoms. The lowest BCUT2D eigenvalue weighted by Gasteiger charge is -2.26. The van der Waals surface area contributed by atoms with E-state index in [1.807, 2.05) is 18.2 Å². The second-order valence-corrected chi connectivity index (χ2v) is 8.03. The molecule has 4 rings (SSSR count). The lowest BCUT2D eigenvalue weighted by molar-refractivity contribution is -0.121. The number of likely N-dealkylation sites (tertiary alicyclic amines) is 1. The third-order valence-electron chi connectivity index (χ3n) is 5.93. The number of carbonyl (C=O) groups is 1. The summed E-state index contributed by atoms with van der Waals surface area (Å²) in [5, 5.41) is 4.99. The fraction of sp³-hybridized carbons (Fsp3) is 0.550. The Hall–Kier alpha value is -1.52. The molecule has 134 valence electrons. The Balaban J connectivity index is 1.27. The molecule has 2 aromatic rings. The fourth-order valence-corrected chi connectivity index (χ4v) is 4.81. The van der Waals surface area contributed by atoms with E-state index in [1.165, 1.54) is 31.4 Å². The summed E-state index contributed by atoms with van der Waals surface area (Å²) >= 11 is 6.13. The molecule has 2 N–H and O–H groups in total. The van der Waals surface area contributed by atoms with Crippen LogP contribution in [0, 0.1) is 12.8 Å². The predicted molar refractivity (Wildman–Crippen MR) is 102 cm³/mol. The van der Waals surface area contributed by atoms with Gasteiger partial charge in [-0.05, 0) is 62.3 Å². The Labute approximate surface area is 153 Å². The minimum Gasteiger partial charge on any atom is -0.358 e. The molecule has 4 nitrogen and oxygen atoms in total. The van der Waals surface area contributed by atoms with Gasteiger partial charge < -0.3 is 10.3 Å². The van der Waals surface area contributed by atoms with Gasteiger partial charge in [0, 0.05) is 53.7 Å². The van der Waals surface area contributed by atoms with Crippen LogP contribution in [0.15, 0.2) is 18.2 Å². The van der Waals surface area contributed by atoms with Gasteiger partial charge in [-0.1, -0.05) is 11.6 Å². The van der Waals surface area contributed by atoms with E-state index in [-0.39, 0.29) is 5.91 Å². The Morgan fingerprint density at radius 1 is 1.40 bits per heavy atom. The zero-order valence-corrected chi connectivity index (χ0v) is 15.5. The number of carbonyl (C=O) groups excluding carboxylic acids is 1. The van der Waals surface area contributed by atoms with Crippen LogP contribution >= 0.6 is 11.6 Å². The summed E-state index contributed by atoms with van der Waals surface area (Å²) in [6.07, 6.45) is 5.51. The van der Waals surface area contributed by atoms with Crippen molar-refractivity contribution in [3.05, 3.63) is 34.5 Å². The molecule has 1 amide bonds. The number of nitrogens with zero attached hydrogens (tertiary/aromatic N) is 1. The van der Waals surface area contributed by atoms with Crippen LogP contribution in [0.5, 0.6) is 0 Å². The van der Waals surface area contributed by atoms with E-state index in [0.717, 1.165) is 46.5 Å². The number of hydrogen-bond acceptors (Lipinski definition) is 2. The van der Waals surface area contributed by atoms with Crippen molar-refractivity contribution in [2.75, 3.05) is 19.6 Å². The molecule has 2 aliphatic rings. The van der Waals surface area contributed by atoms with Crippen molar-refractivity contribution < 1.29 is 4.79 Å². The van der Waals surface area contributed by atoms with E-state index in [2.05, 4.69) is 22.1 Å². The predicted octanol–water partition coefficient (Wildman–Crippen LogP) is 3.66.